The normalized spacial score (nSPS) is 15.3. The molecule has 0 amide bonds. The summed E-state index contributed by atoms with van der Waals surface area (Å²) in [5.74, 6) is 0. The standard InChI is InChI=1S/C3H2BrF6NO4S2/c4-1-11(16(12,13)2(5,6)7)17(14,15)3(8,9)10/h1H2/p+1. The highest BCUT2D eigenvalue weighted by Crippen LogP contribution is 2.24. The number of hydrogen-bond acceptors (Lipinski definition) is 4. The Hall–Kier alpha value is -0.0800. The lowest BCUT2D eigenvalue weighted by atomic mass is 11.5. The lowest BCUT2D eigenvalue weighted by molar-refractivity contribution is -0.608. The molecule has 0 saturated heterocycles. The highest BCUT2D eigenvalue weighted by Gasteiger charge is 2.65. The zero-order valence-electron chi connectivity index (χ0n) is 7.30. The van der Waals surface area contributed by atoms with E-state index in [1.807, 2.05) is 15.9 Å². The van der Waals surface area contributed by atoms with Gasteiger partial charge in [0.2, 0.25) is 0 Å². The van der Waals surface area contributed by atoms with Gasteiger partial charge in [0.25, 0.3) is 0 Å². The Morgan fingerprint density at radius 3 is 1.18 bits per heavy atom. The van der Waals surface area contributed by atoms with Crippen LogP contribution in [0.1, 0.15) is 0 Å². The van der Waals surface area contributed by atoms with Crippen molar-refractivity contribution in [2.45, 2.75) is 11.0 Å². The third-order valence-electron chi connectivity index (χ3n) is 1.32. The van der Waals surface area contributed by atoms with Crippen molar-refractivity contribution in [3.8, 4) is 0 Å². The van der Waals surface area contributed by atoms with Gasteiger partial charge in [-0.15, -0.1) is 3.71 Å². The molecule has 0 aliphatic carbocycles. The maximum absolute atomic E-state index is 11.9. The lowest BCUT2D eigenvalue weighted by Crippen LogP contribution is -3.17. The number of sulfonamides is 2. The number of hydrogen-bond donors (Lipinski definition) is 1. The topological polar surface area (TPSA) is 72.7 Å². The van der Waals surface area contributed by atoms with E-state index >= 15 is 0 Å². The van der Waals surface area contributed by atoms with Gasteiger partial charge >= 0.3 is 31.1 Å². The highest BCUT2D eigenvalue weighted by atomic mass is 79.9. The largest absolute Gasteiger partial charge is 0.550 e. The van der Waals surface area contributed by atoms with Crippen molar-refractivity contribution in [3.63, 3.8) is 0 Å². The molecule has 0 atom stereocenters. The molecule has 0 aromatic rings. The average Bonchev–Trinajstić information content (AvgIpc) is 1.99. The second-order valence-electron chi connectivity index (χ2n) is 2.40. The summed E-state index contributed by atoms with van der Waals surface area (Å²) >= 11 is 1.98. The molecule has 0 aliphatic heterocycles. The Bertz CT molecular complexity index is 432. The van der Waals surface area contributed by atoms with Crippen LogP contribution in [0.3, 0.4) is 0 Å². The summed E-state index contributed by atoms with van der Waals surface area (Å²) in [5, 5.41) is 0. The number of quaternary nitrogens is 1. The molecule has 104 valence electrons. The van der Waals surface area contributed by atoms with Gasteiger partial charge in [0, 0.05) is 0 Å². The summed E-state index contributed by atoms with van der Waals surface area (Å²) in [4.78, 5) is 0. The summed E-state index contributed by atoms with van der Waals surface area (Å²) in [6.45, 7) is 0. The Morgan fingerprint density at radius 1 is 0.824 bits per heavy atom. The molecule has 0 unspecified atom stereocenters. The molecular formula is C3H3BrF6NO4S2+. The molecular weight excluding hydrogens is 372 g/mol. The van der Waals surface area contributed by atoms with E-state index in [1.54, 1.807) is 0 Å². The van der Waals surface area contributed by atoms with Gasteiger partial charge in [-0.25, -0.2) is 0 Å². The molecule has 0 aliphatic rings. The van der Waals surface area contributed by atoms with Crippen molar-refractivity contribution in [1.82, 2.24) is 0 Å². The smallest absolute Gasteiger partial charge is 0.162 e. The summed E-state index contributed by atoms with van der Waals surface area (Å²) in [5.41, 5.74) is -13.9. The number of halogens is 7. The Kier molecular flexibility index (Phi) is 4.52. The van der Waals surface area contributed by atoms with Gasteiger partial charge < -0.3 is 0 Å². The maximum Gasteiger partial charge on any atom is 0.550 e. The molecule has 14 heteroatoms. The van der Waals surface area contributed by atoms with Crippen LogP contribution >= 0.6 is 15.9 Å². The first-order chi connectivity index (χ1) is 7.19. The van der Waals surface area contributed by atoms with Gasteiger partial charge in [-0.1, -0.05) is 0 Å². The lowest BCUT2D eigenvalue weighted by Gasteiger charge is -2.18. The Morgan fingerprint density at radius 2 is 1.06 bits per heavy atom. The van der Waals surface area contributed by atoms with E-state index in [0.717, 1.165) is 0 Å². The first-order valence-electron chi connectivity index (χ1n) is 3.24. The SMILES string of the molecule is O=S(=O)([NH+](CBr)S(=O)(=O)C(F)(F)F)C(F)(F)F. The van der Waals surface area contributed by atoms with E-state index in [2.05, 4.69) is 0 Å². The predicted molar refractivity (Wildman–Crippen MR) is 44.7 cm³/mol. The van der Waals surface area contributed by atoms with Crippen molar-refractivity contribution in [2.24, 2.45) is 0 Å². The van der Waals surface area contributed by atoms with Gasteiger partial charge in [-0.05, 0) is 15.9 Å². The van der Waals surface area contributed by atoms with Crippen LogP contribution in [-0.4, -0.2) is 33.3 Å². The molecule has 17 heavy (non-hydrogen) atoms. The molecule has 0 aromatic heterocycles. The van der Waals surface area contributed by atoms with Gasteiger partial charge in [0.15, 0.2) is 5.45 Å². The zero-order valence-corrected chi connectivity index (χ0v) is 10.5. The Labute approximate surface area is 99.6 Å². The van der Waals surface area contributed by atoms with E-state index in [-0.39, 0.29) is 0 Å². The van der Waals surface area contributed by atoms with Crippen molar-refractivity contribution >= 4 is 36.0 Å². The number of alkyl halides is 7. The van der Waals surface area contributed by atoms with Crippen molar-refractivity contribution in [2.75, 3.05) is 5.45 Å². The minimum Gasteiger partial charge on any atom is -0.162 e. The van der Waals surface area contributed by atoms with E-state index in [0.29, 0.717) is 0 Å². The van der Waals surface area contributed by atoms with Crippen LogP contribution in [-0.2, 0) is 20.0 Å². The number of nitrogens with one attached hydrogen (secondary N) is 1. The fraction of sp³-hybridized carbons (Fsp3) is 1.00. The fourth-order valence-corrected chi connectivity index (χ4v) is 4.88. The van der Waals surface area contributed by atoms with Crippen LogP contribution in [0.2, 0.25) is 0 Å². The van der Waals surface area contributed by atoms with Gasteiger partial charge in [-0.3, -0.25) is 0 Å². The van der Waals surface area contributed by atoms with E-state index in [4.69, 9.17) is 0 Å². The fourth-order valence-electron chi connectivity index (χ4n) is 0.546. The van der Waals surface area contributed by atoms with Gasteiger partial charge in [-0.2, -0.15) is 43.2 Å². The maximum atomic E-state index is 11.9. The predicted octanol–water partition coefficient (Wildman–Crippen LogP) is -0.0771. The van der Waals surface area contributed by atoms with Crippen LogP contribution in [0.15, 0.2) is 0 Å². The molecule has 0 bridgehead atoms. The van der Waals surface area contributed by atoms with Crippen LogP contribution in [0.5, 0.6) is 0 Å². The molecule has 5 nitrogen and oxygen atoms in total. The summed E-state index contributed by atoms with van der Waals surface area (Å²) < 4.78 is 111. The van der Waals surface area contributed by atoms with Crippen molar-refractivity contribution in [1.29, 1.82) is 0 Å². The molecule has 0 radical (unpaired) electrons. The quantitative estimate of drug-likeness (QED) is 0.426. The Balaban J connectivity index is 5.90. The second kappa shape index (κ2) is 4.55. The van der Waals surface area contributed by atoms with Gasteiger partial charge in [0.1, 0.15) is 0 Å². The summed E-state index contributed by atoms with van der Waals surface area (Å²) in [7, 11) is -13.1. The molecule has 0 aromatic carbocycles. The molecule has 0 spiro atoms. The van der Waals surface area contributed by atoms with Gasteiger partial charge in [0.05, 0.1) is 0 Å². The van der Waals surface area contributed by atoms with Crippen LogP contribution in [0, 0.1) is 0 Å². The van der Waals surface area contributed by atoms with Crippen molar-refractivity contribution in [3.05, 3.63) is 0 Å². The van der Waals surface area contributed by atoms with E-state index in [1.165, 1.54) is 0 Å². The monoisotopic (exact) mass is 374 g/mol. The second-order valence-corrected chi connectivity index (χ2v) is 7.15. The van der Waals surface area contributed by atoms with Crippen LogP contribution < -0.4 is 3.71 Å². The zero-order chi connectivity index (χ0) is 14.3. The van der Waals surface area contributed by atoms with Crippen molar-refractivity contribution < 1.29 is 46.9 Å². The summed E-state index contributed by atoms with van der Waals surface area (Å²) in [6.07, 6.45) is 0. The molecule has 0 saturated carbocycles. The van der Waals surface area contributed by atoms with Crippen LogP contribution in [0.4, 0.5) is 26.3 Å². The molecule has 0 heterocycles. The van der Waals surface area contributed by atoms with E-state index in [9.17, 15) is 43.2 Å². The number of rotatable bonds is 3. The first kappa shape index (κ1) is 16.9. The minimum absolute atomic E-state index is 1.63. The molecule has 0 rings (SSSR count). The molecule has 1 N–H and O–H groups in total. The van der Waals surface area contributed by atoms with Crippen LogP contribution in [0.25, 0.3) is 0 Å². The third-order valence-corrected chi connectivity index (χ3v) is 6.64. The molecule has 0 fully saturated rings. The first-order valence-corrected chi connectivity index (χ1v) is 7.33. The summed E-state index contributed by atoms with van der Waals surface area (Å²) in [6, 6.07) is 0. The minimum atomic E-state index is -6.57. The highest BCUT2D eigenvalue weighted by molar-refractivity contribution is 9.09. The third kappa shape index (κ3) is 3.03. The van der Waals surface area contributed by atoms with E-state index < -0.39 is 40.2 Å². The average molecular weight is 375 g/mol.